The average molecular weight is 333 g/mol. The standard InChI is InChI=1S/C13H15F2NO3.C2H6.CH4O/c14-12(15)13-16-9(7-11(18)19-13)6-10(17)8-4-2-1-3-5-8;2*1-2/h1-5,9-12,17-18H,6-7H2;1-2H3;2H,1H3. The van der Waals surface area contributed by atoms with E-state index in [9.17, 15) is 19.0 Å². The molecule has 5 nitrogen and oxygen atoms in total. The first-order valence-corrected chi connectivity index (χ1v) is 7.44. The lowest BCUT2D eigenvalue weighted by Crippen LogP contribution is -2.33. The maximum Gasteiger partial charge on any atom is 0.312 e. The van der Waals surface area contributed by atoms with E-state index in [1.807, 2.05) is 19.9 Å². The van der Waals surface area contributed by atoms with Gasteiger partial charge in [0.2, 0.25) is 6.29 Å². The number of halogens is 2. The van der Waals surface area contributed by atoms with Gasteiger partial charge in [0.1, 0.15) is 0 Å². The van der Waals surface area contributed by atoms with Crippen molar-refractivity contribution in [2.24, 2.45) is 4.99 Å². The molecule has 0 radical (unpaired) electrons. The molecule has 0 spiro atoms. The Hall–Kier alpha value is -1.57. The minimum atomic E-state index is -2.86. The lowest BCUT2D eigenvalue weighted by Gasteiger charge is -2.26. The monoisotopic (exact) mass is 333 g/mol. The number of alkyl halides is 2. The zero-order valence-corrected chi connectivity index (χ0v) is 13.6. The van der Waals surface area contributed by atoms with Gasteiger partial charge in [0.25, 0.3) is 5.90 Å². The average Bonchev–Trinajstić information content (AvgIpc) is 2.58. The Morgan fingerprint density at radius 2 is 1.78 bits per heavy atom. The molecule has 1 heterocycles. The normalized spacial score (nSPS) is 21.0. The summed E-state index contributed by atoms with van der Waals surface area (Å²) in [4.78, 5) is 3.72. The Morgan fingerprint density at radius 3 is 2.30 bits per heavy atom. The third kappa shape index (κ3) is 7.49. The molecule has 1 aliphatic rings. The highest BCUT2D eigenvalue weighted by Gasteiger charge is 2.29. The summed E-state index contributed by atoms with van der Waals surface area (Å²) < 4.78 is 29.5. The van der Waals surface area contributed by atoms with Crippen LogP contribution >= 0.6 is 0 Å². The molecule has 132 valence electrons. The maximum absolute atomic E-state index is 12.5. The molecule has 2 rings (SSSR count). The number of benzene rings is 1. The molecule has 0 bridgehead atoms. The van der Waals surface area contributed by atoms with Gasteiger partial charge in [0.05, 0.1) is 12.1 Å². The van der Waals surface area contributed by atoms with Crippen LogP contribution in [0.1, 0.15) is 38.4 Å². The minimum Gasteiger partial charge on any atom is -0.447 e. The summed E-state index contributed by atoms with van der Waals surface area (Å²) in [6.07, 6.45) is -4.69. The van der Waals surface area contributed by atoms with E-state index in [-0.39, 0.29) is 12.8 Å². The number of aliphatic hydroxyl groups is 3. The largest absolute Gasteiger partial charge is 0.447 e. The fourth-order valence-electron chi connectivity index (χ4n) is 2.01. The fraction of sp³-hybridized carbons (Fsp3) is 0.562. The summed E-state index contributed by atoms with van der Waals surface area (Å²) in [5.74, 6) is -0.760. The van der Waals surface area contributed by atoms with Crippen molar-refractivity contribution in [3.8, 4) is 0 Å². The number of aliphatic imine (C=N–C) groups is 1. The molecular formula is C16H25F2NO4. The van der Waals surface area contributed by atoms with Gasteiger partial charge in [-0.25, -0.2) is 4.99 Å². The van der Waals surface area contributed by atoms with Crippen LogP contribution in [-0.4, -0.2) is 47.1 Å². The molecule has 0 saturated heterocycles. The third-order valence-corrected chi connectivity index (χ3v) is 2.91. The molecule has 3 N–H and O–H groups in total. The third-order valence-electron chi connectivity index (χ3n) is 2.91. The summed E-state index contributed by atoms with van der Waals surface area (Å²) in [6.45, 7) is 4.00. The minimum absolute atomic E-state index is 0.0973. The molecule has 23 heavy (non-hydrogen) atoms. The zero-order chi connectivity index (χ0) is 17.8. The molecule has 7 heteroatoms. The van der Waals surface area contributed by atoms with Crippen LogP contribution < -0.4 is 0 Å². The Balaban J connectivity index is 0.00000112. The highest BCUT2D eigenvalue weighted by atomic mass is 19.3. The molecule has 3 atom stereocenters. The summed E-state index contributed by atoms with van der Waals surface area (Å²) >= 11 is 0. The Bertz CT molecular complexity index is 443. The maximum atomic E-state index is 12.5. The quantitative estimate of drug-likeness (QED) is 0.791. The van der Waals surface area contributed by atoms with Gasteiger partial charge in [-0.05, 0) is 5.56 Å². The van der Waals surface area contributed by atoms with E-state index in [1.54, 1.807) is 24.3 Å². The van der Waals surface area contributed by atoms with Crippen molar-refractivity contribution in [2.45, 2.75) is 51.6 Å². The molecule has 0 saturated carbocycles. The van der Waals surface area contributed by atoms with Gasteiger partial charge < -0.3 is 20.1 Å². The predicted molar refractivity (Wildman–Crippen MR) is 84.4 cm³/mol. The van der Waals surface area contributed by atoms with Crippen LogP contribution in [0.4, 0.5) is 8.78 Å². The first-order chi connectivity index (χ1) is 11.1. The van der Waals surface area contributed by atoms with E-state index in [0.717, 1.165) is 7.11 Å². The Morgan fingerprint density at radius 1 is 1.22 bits per heavy atom. The summed E-state index contributed by atoms with van der Waals surface area (Å²) in [7, 11) is 1.00. The second-order valence-electron chi connectivity index (χ2n) is 4.39. The van der Waals surface area contributed by atoms with Gasteiger partial charge >= 0.3 is 6.43 Å². The van der Waals surface area contributed by atoms with Crippen molar-refractivity contribution in [3.05, 3.63) is 35.9 Å². The van der Waals surface area contributed by atoms with E-state index >= 15 is 0 Å². The van der Waals surface area contributed by atoms with Crippen molar-refractivity contribution < 1.29 is 28.8 Å². The molecule has 0 fully saturated rings. The van der Waals surface area contributed by atoms with Crippen molar-refractivity contribution in [2.75, 3.05) is 7.11 Å². The molecule has 0 aromatic heterocycles. The van der Waals surface area contributed by atoms with Crippen LogP contribution in [0.5, 0.6) is 0 Å². The van der Waals surface area contributed by atoms with E-state index in [0.29, 0.717) is 5.56 Å². The fourth-order valence-corrected chi connectivity index (χ4v) is 2.01. The summed E-state index contributed by atoms with van der Waals surface area (Å²) in [6, 6.07) is 8.30. The van der Waals surface area contributed by atoms with Gasteiger partial charge in [-0.1, -0.05) is 44.2 Å². The van der Waals surface area contributed by atoms with E-state index in [2.05, 4.69) is 9.73 Å². The van der Waals surface area contributed by atoms with Gasteiger partial charge in [-0.3, -0.25) is 0 Å². The highest BCUT2D eigenvalue weighted by molar-refractivity contribution is 5.80. The van der Waals surface area contributed by atoms with Crippen LogP contribution in [-0.2, 0) is 4.74 Å². The number of hydrogen-bond acceptors (Lipinski definition) is 5. The summed E-state index contributed by atoms with van der Waals surface area (Å²) in [5.41, 5.74) is 0.692. The predicted octanol–water partition coefficient (Wildman–Crippen LogP) is 2.52. The lowest BCUT2D eigenvalue weighted by atomic mass is 10.00. The molecule has 1 aromatic carbocycles. The first kappa shape index (κ1) is 21.4. The van der Waals surface area contributed by atoms with E-state index in [4.69, 9.17) is 5.11 Å². The topological polar surface area (TPSA) is 82.3 Å². The smallest absolute Gasteiger partial charge is 0.312 e. The Labute approximate surface area is 135 Å². The van der Waals surface area contributed by atoms with Crippen molar-refractivity contribution in [1.29, 1.82) is 0 Å². The summed E-state index contributed by atoms with van der Waals surface area (Å²) in [5, 5.41) is 26.4. The van der Waals surface area contributed by atoms with Crippen molar-refractivity contribution in [1.82, 2.24) is 0 Å². The van der Waals surface area contributed by atoms with Gasteiger partial charge in [-0.2, -0.15) is 8.78 Å². The number of hydrogen-bond donors (Lipinski definition) is 3. The number of nitrogens with zero attached hydrogens (tertiary/aromatic N) is 1. The molecule has 0 aliphatic carbocycles. The zero-order valence-electron chi connectivity index (χ0n) is 13.6. The van der Waals surface area contributed by atoms with Crippen molar-refractivity contribution in [3.63, 3.8) is 0 Å². The van der Waals surface area contributed by atoms with Gasteiger partial charge in [0, 0.05) is 20.0 Å². The highest BCUT2D eigenvalue weighted by Crippen LogP contribution is 2.25. The molecule has 1 aromatic rings. The number of rotatable bonds is 4. The molecular weight excluding hydrogens is 308 g/mol. The number of ether oxygens (including phenoxy) is 1. The van der Waals surface area contributed by atoms with Crippen LogP contribution in [0.2, 0.25) is 0 Å². The van der Waals surface area contributed by atoms with Gasteiger partial charge in [0.15, 0.2) is 0 Å². The van der Waals surface area contributed by atoms with E-state index in [1.165, 1.54) is 0 Å². The van der Waals surface area contributed by atoms with Crippen molar-refractivity contribution >= 4 is 5.90 Å². The Kier molecular flexibility index (Phi) is 11.1. The van der Waals surface area contributed by atoms with Gasteiger partial charge in [-0.15, -0.1) is 0 Å². The number of aliphatic hydroxyl groups excluding tert-OH is 3. The SMILES string of the molecule is CC.CO.OC1CC(CC(O)c2ccccc2)N=C(C(F)F)O1. The molecule has 0 amide bonds. The van der Waals surface area contributed by atoms with Crippen LogP contribution in [0.3, 0.4) is 0 Å². The molecule has 3 unspecified atom stereocenters. The second-order valence-corrected chi connectivity index (χ2v) is 4.39. The van der Waals surface area contributed by atoms with Crippen LogP contribution in [0, 0.1) is 0 Å². The van der Waals surface area contributed by atoms with Crippen LogP contribution in [0.25, 0.3) is 0 Å². The first-order valence-electron chi connectivity index (χ1n) is 7.44. The van der Waals surface area contributed by atoms with Crippen LogP contribution in [0.15, 0.2) is 35.3 Å². The second kappa shape index (κ2) is 11.9. The lowest BCUT2D eigenvalue weighted by molar-refractivity contribution is -0.0616. The van der Waals surface area contributed by atoms with E-state index < -0.39 is 30.8 Å². The molecule has 1 aliphatic heterocycles.